The molecule has 5 heteroatoms. The summed E-state index contributed by atoms with van der Waals surface area (Å²) < 4.78 is 16.7. The summed E-state index contributed by atoms with van der Waals surface area (Å²) in [5.74, 6) is 1.68. The SMILES string of the molecule is COc1ccc(C=O)c(-c2c(OC)ccc3cc(C(C)CO)ccc23)c1OC. The predicted octanol–water partition coefficient (Wildman–Crippen LogP) is 4.44. The molecule has 3 rings (SSSR count). The van der Waals surface area contributed by atoms with Gasteiger partial charge in [-0.2, -0.15) is 0 Å². The quantitative estimate of drug-likeness (QED) is 0.614. The molecule has 5 nitrogen and oxygen atoms in total. The van der Waals surface area contributed by atoms with E-state index in [2.05, 4.69) is 0 Å². The van der Waals surface area contributed by atoms with Gasteiger partial charge in [0.05, 0.1) is 21.3 Å². The van der Waals surface area contributed by atoms with Crippen LogP contribution in [0.4, 0.5) is 0 Å². The third-order valence-electron chi connectivity index (χ3n) is 5.02. The second kappa shape index (κ2) is 8.31. The summed E-state index contributed by atoms with van der Waals surface area (Å²) in [6.07, 6.45) is 0.803. The van der Waals surface area contributed by atoms with E-state index in [0.717, 1.165) is 28.2 Å². The van der Waals surface area contributed by atoms with Crippen LogP contribution in [-0.2, 0) is 0 Å². The fraction of sp³-hybridized carbons (Fsp3) is 0.261. The number of aliphatic hydroxyl groups excluding tert-OH is 1. The van der Waals surface area contributed by atoms with Gasteiger partial charge in [-0.05, 0) is 34.5 Å². The summed E-state index contributed by atoms with van der Waals surface area (Å²) in [7, 11) is 4.71. The second-order valence-electron chi connectivity index (χ2n) is 6.59. The highest BCUT2D eigenvalue weighted by Gasteiger charge is 2.22. The lowest BCUT2D eigenvalue weighted by Gasteiger charge is -2.19. The molecule has 0 amide bonds. The number of methoxy groups -OCH3 is 3. The van der Waals surface area contributed by atoms with Gasteiger partial charge < -0.3 is 19.3 Å². The van der Waals surface area contributed by atoms with Crippen molar-refractivity contribution in [3.05, 3.63) is 53.6 Å². The molecule has 3 aromatic rings. The van der Waals surface area contributed by atoms with Crippen molar-refractivity contribution in [2.75, 3.05) is 27.9 Å². The van der Waals surface area contributed by atoms with E-state index in [-0.39, 0.29) is 12.5 Å². The zero-order valence-electron chi connectivity index (χ0n) is 16.5. The summed E-state index contributed by atoms with van der Waals surface area (Å²) in [5.41, 5.74) is 2.92. The first-order valence-electron chi connectivity index (χ1n) is 9.01. The molecule has 146 valence electrons. The van der Waals surface area contributed by atoms with Gasteiger partial charge >= 0.3 is 0 Å². The molecular formula is C23H24O5. The van der Waals surface area contributed by atoms with Crippen molar-refractivity contribution in [2.24, 2.45) is 0 Å². The maximum Gasteiger partial charge on any atom is 0.169 e. The van der Waals surface area contributed by atoms with Crippen LogP contribution in [0.25, 0.3) is 21.9 Å². The third-order valence-corrected chi connectivity index (χ3v) is 5.02. The third kappa shape index (κ3) is 3.29. The first kappa shape index (κ1) is 19.7. The molecule has 28 heavy (non-hydrogen) atoms. The molecule has 0 aromatic heterocycles. The highest BCUT2D eigenvalue weighted by Crippen LogP contribution is 2.47. The van der Waals surface area contributed by atoms with Crippen molar-refractivity contribution in [1.82, 2.24) is 0 Å². The Morgan fingerprint density at radius 1 is 0.929 bits per heavy atom. The van der Waals surface area contributed by atoms with Crippen LogP contribution in [-0.4, -0.2) is 39.3 Å². The van der Waals surface area contributed by atoms with Crippen LogP contribution in [0.1, 0.15) is 28.8 Å². The van der Waals surface area contributed by atoms with Gasteiger partial charge in [0, 0.05) is 29.2 Å². The number of carbonyl (C=O) groups is 1. The van der Waals surface area contributed by atoms with Crippen LogP contribution in [0.2, 0.25) is 0 Å². The maximum absolute atomic E-state index is 11.8. The van der Waals surface area contributed by atoms with E-state index in [1.165, 1.54) is 0 Å². The van der Waals surface area contributed by atoms with Gasteiger partial charge in [-0.25, -0.2) is 0 Å². The zero-order chi connectivity index (χ0) is 20.3. The second-order valence-corrected chi connectivity index (χ2v) is 6.59. The fourth-order valence-electron chi connectivity index (χ4n) is 3.47. The fourth-order valence-corrected chi connectivity index (χ4v) is 3.47. The standard InChI is InChI=1S/C23H24O5/c1-14(12-24)15-5-8-18-16(11-15)6-9-19(26-2)22(18)21-17(13-25)7-10-20(27-3)23(21)28-4/h5-11,13-14,24H,12H2,1-4H3. The van der Waals surface area contributed by atoms with Gasteiger partial charge in [0.1, 0.15) is 5.75 Å². The lowest BCUT2D eigenvalue weighted by Crippen LogP contribution is -2.01. The summed E-state index contributed by atoms with van der Waals surface area (Å²) >= 11 is 0. The Bertz CT molecular complexity index is 1010. The number of benzene rings is 3. The number of aliphatic hydroxyl groups is 1. The molecule has 0 saturated heterocycles. The van der Waals surface area contributed by atoms with Crippen molar-refractivity contribution in [3.63, 3.8) is 0 Å². The largest absolute Gasteiger partial charge is 0.496 e. The Kier molecular flexibility index (Phi) is 5.85. The van der Waals surface area contributed by atoms with Crippen molar-refractivity contribution in [2.45, 2.75) is 12.8 Å². The Hall–Kier alpha value is -3.05. The summed E-state index contributed by atoms with van der Waals surface area (Å²) in [4.78, 5) is 11.8. The molecule has 0 aliphatic carbocycles. The molecule has 0 aliphatic rings. The van der Waals surface area contributed by atoms with Gasteiger partial charge in [-0.3, -0.25) is 4.79 Å². The van der Waals surface area contributed by atoms with E-state index in [1.807, 2.05) is 37.3 Å². The summed E-state index contributed by atoms with van der Waals surface area (Å²) in [6, 6.07) is 13.3. The Morgan fingerprint density at radius 3 is 2.25 bits per heavy atom. The Balaban J connectivity index is 2.41. The smallest absolute Gasteiger partial charge is 0.169 e. The van der Waals surface area contributed by atoms with Crippen molar-refractivity contribution in [3.8, 4) is 28.4 Å². The minimum atomic E-state index is 0.0341. The average Bonchev–Trinajstić information content (AvgIpc) is 2.75. The summed E-state index contributed by atoms with van der Waals surface area (Å²) in [6.45, 7) is 2.05. The van der Waals surface area contributed by atoms with Crippen LogP contribution < -0.4 is 14.2 Å². The molecule has 0 spiro atoms. The molecule has 1 unspecified atom stereocenters. The molecule has 0 heterocycles. The number of ether oxygens (including phenoxy) is 3. The highest BCUT2D eigenvalue weighted by molar-refractivity contribution is 6.06. The number of fused-ring (bicyclic) bond motifs is 1. The molecule has 0 bridgehead atoms. The van der Waals surface area contributed by atoms with Gasteiger partial charge in [0.15, 0.2) is 17.8 Å². The average molecular weight is 380 g/mol. The van der Waals surface area contributed by atoms with Crippen LogP contribution in [0, 0.1) is 0 Å². The number of rotatable bonds is 7. The van der Waals surface area contributed by atoms with Crippen LogP contribution >= 0.6 is 0 Å². The van der Waals surface area contributed by atoms with Crippen molar-refractivity contribution < 1.29 is 24.1 Å². The minimum Gasteiger partial charge on any atom is -0.496 e. The zero-order valence-corrected chi connectivity index (χ0v) is 16.5. The molecule has 1 N–H and O–H groups in total. The van der Waals surface area contributed by atoms with E-state index in [1.54, 1.807) is 33.5 Å². The van der Waals surface area contributed by atoms with E-state index < -0.39 is 0 Å². The highest BCUT2D eigenvalue weighted by atomic mass is 16.5. The molecule has 0 saturated carbocycles. The number of aldehydes is 1. The molecular weight excluding hydrogens is 356 g/mol. The first-order valence-corrected chi connectivity index (χ1v) is 9.01. The number of carbonyl (C=O) groups excluding carboxylic acids is 1. The van der Waals surface area contributed by atoms with Crippen LogP contribution in [0.3, 0.4) is 0 Å². The topological polar surface area (TPSA) is 65.0 Å². The first-order chi connectivity index (χ1) is 13.6. The van der Waals surface area contributed by atoms with Crippen LogP contribution in [0.5, 0.6) is 17.2 Å². The molecule has 1 atom stereocenters. The predicted molar refractivity (Wildman–Crippen MR) is 110 cm³/mol. The van der Waals surface area contributed by atoms with Crippen molar-refractivity contribution >= 4 is 17.1 Å². The number of hydrogen-bond acceptors (Lipinski definition) is 5. The molecule has 3 aromatic carbocycles. The Morgan fingerprint density at radius 2 is 1.64 bits per heavy atom. The van der Waals surface area contributed by atoms with E-state index in [0.29, 0.717) is 28.4 Å². The van der Waals surface area contributed by atoms with Gasteiger partial charge in [-0.15, -0.1) is 0 Å². The minimum absolute atomic E-state index is 0.0341. The van der Waals surface area contributed by atoms with Gasteiger partial charge in [-0.1, -0.05) is 31.2 Å². The van der Waals surface area contributed by atoms with Crippen LogP contribution in [0.15, 0.2) is 42.5 Å². The summed E-state index contributed by atoms with van der Waals surface area (Å²) in [5, 5.41) is 11.4. The lowest BCUT2D eigenvalue weighted by atomic mass is 9.90. The molecule has 0 fully saturated rings. The molecule has 0 radical (unpaired) electrons. The van der Waals surface area contributed by atoms with E-state index in [9.17, 15) is 9.90 Å². The normalized spacial score (nSPS) is 11.9. The van der Waals surface area contributed by atoms with Gasteiger partial charge in [0.25, 0.3) is 0 Å². The monoisotopic (exact) mass is 380 g/mol. The lowest BCUT2D eigenvalue weighted by molar-refractivity contribution is 0.112. The Labute approximate surface area is 164 Å². The maximum atomic E-state index is 11.8. The van der Waals surface area contributed by atoms with E-state index in [4.69, 9.17) is 14.2 Å². The van der Waals surface area contributed by atoms with E-state index >= 15 is 0 Å². The van der Waals surface area contributed by atoms with Gasteiger partial charge in [0.2, 0.25) is 0 Å². The molecule has 0 aliphatic heterocycles. The number of hydrogen-bond donors (Lipinski definition) is 1. The van der Waals surface area contributed by atoms with Crippen molar-refractivity contribution in [1.29, 1.82) is 0 Å².